The summed E-state index contributed by atoms with van der Waals surface area (Å²) >= 11 is 0. The van der Waals surface area contributed by atoms with Gasteiger partial charge in [0.25, 0.3) is 0 Å². The molecule has 0 aromatic rings. The molecule has 1 fully saturated rings. The minimum atomic E-state index is -1.30. The van der Waals surface area contributed by atoms with Gasteiger partial charge in [-0.05, 0) is 0 Å². The van der Waals surface area contributed by atoms with Gasteiger partial charge in [-0.25, -0.2) is 0 Å². The van der Waals surface area contributed by atoms with Crippen LogP contribution in [-0.2, 0) is 4.74 Å². The highest BCUT2D eigenvalue weighted by atomic mass is 16.5. The third kappa shape index (κ3) is 2.38. The van der Waals surface area contributed by atoms with Crippen molar-refractivity contribution in [3.8, 4) is 0 Å². The largest absolute Gasteiger partial charge is 0.394 e. The van der Waals surface area contributed by atoms with Crippen molar-refractivity contribution >= 4 is 0 Å². The summed E-state index contributed by atoms with van der Waals surface area (Å²) in [5.74, 6) is -0.170. The minimum Gasteiger partial charge on any atom is -0.394 e. The maximum atomic E-state index is 9.66. The molecule has 0 saturated carbocycles. The van der Waals surface area contributed by atoms with Crippen molar-refractivity contribution in [1.82, 2.24) is 0 Å². The van der Waals surface area contributed by atoms with Gasteiger partial charge in [-0.3, -0.25) is 0 Å². The van der Waals surface area contributed by atoms with E-state index in [1.807, 2.05) is 0 Å². The van der Waals surface area contributed by atoms with Gasteiger partial charge in [0.05, 0.1) is 12.7 Å². The Labute approximate surface area is 88.6 Å². The van der Waals surface area contributed by atoms with Gasteiger partial charge in [0.15, 0.2) is 0 Å². The van der Waals surface area contributed by atoms with Crippen molar-refractivity contribution in [3.05, 3.63) is 12.7 Å². The van der Waals surface area contributed by atoms with Crippen molar-refractivity contribution in [1.29, 1.82) is 0 Å². The molecule has 0 amide bonds. The first-order valence-electron chi connectivity index (χ1n) is 4.96. The first-order valence-corrected chi connectivity index (χ1v) is 4.96. The summed E-state index contributed by atoms with van der Waals surface area (Å²) in [7, 11) is 0. The molecule has 1 saturated heterocycles. The van der Waals surface area contributed by atoms with Gasteiger partial charge < -0.3 is 25.2 Å². The molecule has 1 aliphatic rings. The fourth-order valence-corrected chi connectivity index (χ4v) is 1.70. The lowest BCUT2D eigenvalue weighted by molar-refractivity contribution is -0.236. The summed E-state index contributed by atoms with van der Waals surface area (Å²) in [6.45, 7) is 4.95. The second-order valence-electron chi connectivity index (χ2n) is 3.89. The van der Waals surface area contributed by atoms with Crippen LogP contribution in [0.3, 0.4) is 0 Å². The molecule has 0 aliphatic carbocycles. The maximum absolute atomic E-state index is 9.66. The number of hydrogen-bond acceptors (Lipinski definition) is 5. The lowest BCUT2D eigenvalue weighted by Crippen LogP contribution is -2.59. The van der Waals surface area contributed by atoms with Crippen LogP contribution in [0.2, 0.25) is 0 Å². The van der Waals surface area contributed by atoms with Crippen LogP contribution in [0.25, 0.3) is 0 Å². The highest BCUT2D eigenvalue weighted by Crippen LogP contribution is 2.26. The average molecular weight is 218 g/mol. The second-order valence-corrected chi connectivity index (χ2v) is 3.89. The molecule has 1 aliphatic heterocycles. The molecule has 6 atom stereocenters. The summed E-state index contributed by atoms with van der Waals surface area (Å²) in [4.78, 5) is 0. The monoisotopic (exact) mass is 218 g/mol. The van der Waals surface area contributed by atoms with E-state index in [0.29, 0.717) is 0 Å². The number of rotatable bonds is 3. The Morgan fingerprint density at radius 1 is 1.27 bits per heavy atom. The van der Waals surface area contributed by atoms with Crippen molar-refractivity contribution in [3.63, 3.8) is 0 Å². The SMILES string of the molecule is C=CC(C)C1OC(CO)C(O)C(O)C1O. The Bertz CT molecular complexity index is 218. The van der Waals surface area contributed by atoms with E-state index < -0.39 is 37.1 Å². The van der Waals surface area contributed by atoms with Gasteiger partial charge in [0.1, 0.15) is 24.4 Å². The second kappa shape index (κ2) is 5.05. The van der Waals surface area contributed by atoms with Gasteiger partial charge in [0.2, 0.25) is 0 Å². The van der Waals surface area contributed by atoms with Crippen LogP contribution < -0.4 is 0 Å². The van der Waals surface area contributed by atoms with E-state index in [0.717, 1.165) is 0 Å². The zero-order valence-electron chi connectivity index (χ0n) is 8.65. The van der Waals surface area contributed by atoms with Gasteiger partial charge in [-0.1, -0.05) is 13.0 Å². The first kappa shape index (κ1) is 12.6. The van der Waals surface area contributed by atoms with E-state index in [-0.39, 0.29) is 5.92 Å². The van der Waals surface area contributed by atoms with E-state index in [2.05, 4.69) is 6.58 Å². The molecule has 0 aromatic heterocycles. The first-order chi connectivity index (χ1) is 7.02. The van der Waals surface area contributed by atoms with Crippen molar-refractivity contribution in [2.75, 3.05) is 6.61 Å². The predicted octanol–water partition coefficient (Wildman–Crippen LogP) is -1.35. The summed E-state index contributed by atoms with van der Waals surface area (Å²) in [5.41, 5.74) is 0. The highest BCUT2D eigenvalue weighted by molar-refractivity contribution is 4.97. The fraction of sp³-hybridized carbons (Fsp3) is 0.800. The molecule has 0 radical (unpaired) electrons. The Morgan fingerprint density at radius 2 is 1.87 bits per heavy atom. The Morgan fingerprint density at radius 3 is 2.33 bits per heavy atom. The van der Waals surface area contributed by atoms with Crippen LogP contribution in [0.15, 0.2) is 12.7 Å². The number of aliphatic hydroxyl groups is 4. The Balaban J connectivity index is 2.78. The summed E-state index contributed by atoms with van der Waals surface area (Å²) < 4.78 is 5.30. The molecule has 88 valence electrons. The van der Waals surface area contributed by atoms with E-state index in [1.54, 1.807) is 13.0 Å². The molecular formula is C10H18O5. The van der Waals surface area contributed by atoms with Gasteiger partial charge in [-0.15, -0.1) is 6.58 Å². The topological polar surface area (TPSA) is 90.2 Å². The molecule has 0 aromatic carbocycles. The van der Waals surface area contributed by atoms with E-state index >= 15 is 0 Å². The third-order valence-electron chi connectivity index (χ3n) is 2.82. The molecule has 15 heavy (non-hydrogen) atoms. The molecule has 0 bridgehead atoms. The average Bonchev–Trinajstić information content (AvgIpc) is 2.25. The van der Waals surface area contributed by atoms with Crippen LogP contribution >= 0.6 is 0 Å². The molecule has 5 nitrogen and oxygen atoms in total. The summed E-state index contributed by atoms with van der Waals surface area (Å²) in [5, 5.41) is 37.6. The number of hydrogen-bond donors (Lipinski definition) is 4. The minimum absolute atomic E-state index is 0.170. The molecule has 1 rings (SSSR count). The zero-order valence-corrected chi connectivity index (χ0v) is 8.65. The van der Waals surface area contributed by atoms with E-state index in [1.165, 1.54) is 0 Å². The van der Waals surface area contributed by atoms with Gasteiger partial charge in [0, 0.05) is 5.92 Å². The Kier molecular flexibility index (Phi) is 4.24. The zero-order chi connectivity index (χ0) is 11.6. The molecule has 6 unspecified atom stereocenters. The lowest BCUT2D eigenvalue weighted by Gasteiger charge is -2.41. The quantitative estimate of drug-likeness (QED) is 0.440. The molecule has 4 N–H and O–H groups in total. The normalized spacial score (nSPS) is 43.7. The molecule has 5 heteroatoms. The smallest absolute Gasteiger partial charge is 0.111 e. The van der Waals surface area contributed by atoms with E-state index in [9.17, 15) is 15.3 Å². The van der Waals surface area contributed by atoms with Crippen molar-refractivity contribution in [2.24, 2.45) is 5.92 Å². The highest BCUT2D eigenvalue weighted by Gasteiger charge is 2.44. The number of aliphatic hydroxyl groups excluding tert-OH is 4. The molecule has 0 spiro atoms. The van der Waals surface area contributed by atoms with Crippen LogP contribution in [0.4, 0.5) is 0 Å². The van der Waals surface area contributed by atoms with Crippen molar-refractivity contribution in [2.45, 2.75) is 37.4 Å². The maximum Gasteiger partial charge on any atom is 0.111 e. The van der Waals surface area contributed by atoms with Crippen LogP contribution in [0, 0.1) is 5.92 Å². The molecule has 1 heterocycles. The summed E-state index contributed by atoms with van der Waals surface area (Å²) in [6.07, 6.45) is -3.67. The fourth-order valence-electron chi connectivity index (χ4n) is 1.70. The standard InChI is InChI=1S/C10H18O5/c1-3-5(2)10-9(14)8(13)7(12)6(4-11)15-10/h3,5-14H,1,4H2,2H3. The number of ether oxygens (including phenoxy) is 1. The van der Waals surface area contributed by atoms with Crippen LogP contribution in [-0.4, -0.2) is 57.6 Å². The van der Waals surface area contributed by atoms with E-state index in [4.69, 9.17) is 9.84 Å². The Hall–Kier alpha value is -0.460. The third-order valence-corrected chi connectivity index (χ3v) is 2.82. The lowest BCUT2D eigenvalue weighted by atomic mass is 9.89. The van der Waals surface area contributed by atoms with Gasteiger partial charge >= 0.3 is 0 Å². The van der Waals surface area contributed by atoms with Crippen LogP contribution in [0.5, 0.6) is 0 Å². The summed E-state index contributed by atoms with van der Waals surface area (Å²) in [6, 6.07) is 0. The van der Waals surface area contributed by atoms with Crippen molar-refractivity contribution < 1.29 is 25.2 Å². The predicted molar refractivity (Wildman–Crippen MR) is 53.1 cm³/mol. The van der Waals surface area contributed by atoms with Gasteiger partial charge in [-0.2, -0.15) is 0 Å². The molecular weight excluding hydrogens is 200 g/mol. The van der Waals surface area contributed by atoms with Crippen LogP contribution in [0.1, 0.15) is 6.92 Å².